The number of hydrogen-bond donors (Lipinski definition) is 0. The fraction of sp³-hybridized carbons (Fsp3) is 0.696. The van der Waals surface area contributed by atoms with E-state index >= 15 is 0 Å². The van der Waals surface area contributed by atoms with Crippen molar-refractivity contribution in [3.05, 3.63) is 29.8 Å². The van der Waals surface area contributed by atoms with Crippen LogP contribution >= 0.6 is 0 Å². The van der Waals surface area contributed by atoms with E-state index in [2.05, 4.69) is 6.92 Å². The van der Waals surface area contributed by atoms with Crippen LogP contribution in [-0.2, 0) is 9.94 Å². The second kappa shape index (κ2) is 9.75. The summed E-state index contributed by atoms with van der Waals surface area (Å²) in [6.45, 7) is 10.5. The van der Waals surface area contributed by atoms with Crippen molar-refractivity contribution in [2.45, 2.75) is 96.7 Å². The summed E-state index contributed by atoms with van der Waals surface area (Å²) < 4.78 is 11.5. The van der Waals surface area contributed by atoms with Gasteiger partial charge in [0.15, 0.2) is 0 Å². The maximum Gasteiger partial charge on any atom is 0.338 e. The molecule has 0 atom stereocenters. The van der Waals surface area contributed by atoms with Crippen LogP contribution in [0.2, 0.25) is 0 Å². The third kappa shape index (κ3) is 6.21. The molecule has 2 rings (SSSR count). The van der Waals surface area contributed by atoms with Crippen molar-refractivity contribution in [1.82, 2.24) is 5.06 Å². The number of esters is 1. The van der Waals surface area contributed by atoms with Crippen LogP contribution in [0, 0.1) is 0 Å². The van der Waals surface area contributed by atoms with Gasteiger partial charge < -0.3 is 9.47 Å². The van der Waals surface area contributed by atoms with Gasteiger partial charge in [-0.1, -0.05) is 32.6 Å². The Morgan fingerprint density at radius 2 is 1.57 bits per heavy atom. The van der Waals surface area contributed by atoms with Gasteiger partial charge >= 0.3 is 5.97 Å². The van der Waals surface area contributed by atoms with Crippen LogP contribution in [0.25, 0.3) is 0 Å². The van der Waals surface area contributed by atoms with Gasteiger partial charge in [-0.2, -0.15) is 0 Å². The topological polar surface area (TPSA) is 58.7 Å². The molecule has 28 heavy (non-hydrogen) atoms. The first-order valence-electron chi connectivity index (χ1n) is 10.6. The quantitative estimate of drug-likeness (QED) is 0.409. The van der Waals surface area contributed by atoms with Crippen molar-refractivity contribution in [3.8, 4) is 5.75 Å². The van der Waals surface area contributed by atoms with E-state index in [1.54, 1.807) is 12.1 Å². The lowest BCUT2D eigenvalue weighted by molar-refractivity contribution is -0.298. The Labute approximate surface area is 170 Å². The van der Waals surface area contributed by atoms with Gasteiger partial charge in [0.2, 0.25) is 0 Å². The Kier molecular flexibility index (Phi) is 7.90. The number of rotatable bonds is 9. The number of hydrogen-bond acceptors (Lipinski definition) is 4. The molecule has 1 aliphatic heterocycles. The molecule has 0 aliphatic carbocycles. The van der Waals surface area contributed by atoms with Crippen LogP contribution in [0.3, 0.4) is 0 Å². The second-order valence-electron chi connectivity index (χ2n) is 9.14. The van der Waals surface area contributed by atoms with Gasteiger partial charge in [-0.15, -0.1) is 10.3 Å². The summed E-state index contributed by atoms with van der Waals surface area (Å²) in [6, 6.07) is 7.12. The zero-order valence-electron chi connectivity index (χ0n) is 18.1. The molecule has 0 aromatic heterocycles. The number of unbranched alkanes of at least 4 members (excludes halogenated alkanes) is 4. The molecule has 0 unspecified atom stereocenters. The van der Waals surface area contributed by atoms with E-state index in [1.807, 2.05) is 39.8 Å². The molecule has 1 aromatic rings. The molecule has 0 bridgehead atoms. The van der Waals surface area contributed by atoms with Crippen LogP contribution < -0.4 is 4.74 Å². The Hall–Kier alpha value is -1.59. The SMILES string of the molecule is CCCCCCCOc1ccc(C(=O)OC2CC(C)(C)N([O])C(C)(C)C2)cc1. The molecule has 157 valence electrons. The van der Waals surface area contributed by atoms with Crippen molar-refractivity contribution in [2.24, 2.45) is 0 Å². The van der Waals surface area contributed by atoms with Gasteiger partial charge in [-0.25, -0.2) is 4.79 Å². The van der Waals surface area contributed by atoms with Crippen molar-refractivity contribution < 1.29 is 19.5 Å². The lowest BCUT2D eigenvalue weighted by Gasteiger charge is -2.49. The monoisotopic (exact) mass is 390 g/mol. The molecular formula is C23H36NO4. The van der Waals surface area contributed by atoms with Crippen LogP contribution in [0.1, 0.15) is 89.9 Å². The van der Waals surface area contributed by atoms with Crippen LogP contribution in [0.5, 0.6) is 5.75 Å². The average molecular weight is 391 g/mol. The molecule has 5 nitrogen and oxygen atoms in total. The largest absolute Gasteiger partial charge is 0.494 e. The van der Waals surface area contributed by atoms with Crippen molar-refractivity contribution in [3.63, 3.8) is 0 Å². The van der Waals surface area contributed by atoms with Gasteiger partial charge in [0.25, 0.3) is 0 Å². The highest BCUT2D eigenvalue weighted by atomic mass is 16.5. The summed E-state index contributed by atoms with van der Waals surface area (Å²) in [5, 5.41) is 13.6. The van der Waals surface area contributed by atoms with E-state index in [9.17, 15) is 10.0 Å². The Morgan fingerprint density at radius 3 is 2.14 bits per heavy atom. The molecule has 1 aliphatic rings. The fourth-order valence-electron chi connectivity index (χ4n) is 4.06. The molecular weight excluding hydrogens is 354 g/mol. The van der Waals surface area contributed by atoms with E-state index in [4.69, 9.17) is 9.47 Å². The minimum Gasteiger partial charge on any atom is -0.494 e. The maximum absolute atomic E-state index is 12.5. The highest BCUT2D eigenvalue weighted by Gasteiger charge is 2.47. The summed E-state index contributed by atoms with van der Waals surface area (Å²) in [6.07, 6.45) is 6.81. The number of piperidine rings is 1. The minimum absolute atomic E-state index is 0.262. The predicted molar refractivity (Wildman–Crippen MR) is 110 cm³/mol. The summed E-state index contributed by atoms with van der Waals surface area (Å²) in [5.74, 6) is 0.427. The minimum atomic E-state index is -0.554. The van der Waals surface area contributed by atoms with E-state index < -0.39 is 11.1 Å². The average Bonchev–Trinajstić information content (AvgIpc) is 2.62. The highest BCUT2D eigenvalue weighted by Crippen LogP contribution is 2.38. The molecule has 5 heteroatoms. The molecule has 0 spiro atoms. The first-order valence-corrected chi connectivity index (χ1v) is 10.6. The summed E-state index contributed by atoms with van der Waals surface area (Å²) in [7, 11) is 0. The molecule has 0 amide bonds. The van der Waals surface area contributed by atoms with E-state index in [1.165, 1.54) is 25.7 Å². The van der Waals surface area contributed by atoms with Gasteiger partial charge in [-0.3, -0.25) is 0 Å². The molecule has 1 saturated heterocycles. The normalized spacial score (nSPS) is 19.4. The van der Waals surface area contributed by atoms with Gasteiger partial charge in [0.1, 0.15) is 11.9 Å². The van der Waals surface area contributed by atoms with Crippen LogP contribution in [0.15, 0.2) is 24.3 Å². The third-order valence-electron chi connectivity index (χ3n) is 5.43. The number of hydroxylamine groups is 2. The summed E-state index contributed by atoms with van der Waals surface area (Å²) >= 11 is 0. The smallest absolute Gasteiger partial charge is 0.338 e. The highest BCUT2D eigenvalue weighted by molar-refractivity contribution is 5.89. The molecule has 1 fully saturated rings. The van der Waals surface area contributed by atoms with Gasteiger partial charge in [-0.05, 0) is 58.4 Å². The number of ether oxygens (including phenoxy) is 2. The van der Waals surface area contributed by atoms with E-state index in [0.29, 0.717) is 25.0 Å². The van der Waals surface area contributed by atoms with Gasteiger partial charge in [0, 0.05) is 23.9 Å². The number of nitrogens with zero attached hydrogens (tertiary/aromatic N) is 1. The number of carbonyl (C=O) groups excluding carboxylic acids is 1. The van der Waals surface area contributed by atoms with E-state index in [-0.39, 0.29) is 12.1 Å². The number of benzene rings is 1. The Balaban J connectivity index is 1.84. The van der Waals surface area contributed by atoms with Crippen molar-refractivity contribution >= 4 is 5.97 Å². The lowest BCUT2D eigenvalue weighted by Crippen LogP contribution is -2.60. The first kappa shape index (κ1) is 22.7. The van der Waals surface area contributed by atoms with Gasteiger partial charge in [0.05, 0.1) is 12.2 Å². The summed E-state index contributed by atoms with van der Waals surface area (Å²) in [4.78, 5) is 12.5. The standard InChI is InChI=1S/C23H36NO4/c1-6-7-8-9-10-15-27-19-13-11-18(12-14-19)21(25)28-20-16-22(2,3)24(26)23(4,5)17-20/h11-14,20H,6-10,15-17H2,1-5H3. The molecule has 0 N–H and O–H groups in total. The van der Waals surface area contributed by atoms with E-state index in [0.717, 1.165) is 17.2 Å². The number of carbonyl (C=O) groups is 1. The fourth-order valence-corrected chi connectivity index (χ4v) is 4.06. The second-order valence-corrected chi connectivity index (χ2v) is 9.14. The predicted octanol–water partition coefficient (Wildman–Crippen LogP) is 5.56. The Morgan fingerprint density at radius 1 is 1.00 bits per heavy atom. The Bertz CT molecular complexity index is 606. The summed E-state index contributed by atoms with van der Waals surface area (Å²) in [5.41, 5.74) is -0.598. The van der Waals surface area contributed by atoms with Crippen molar-refractivity contribution in [1.29, 1.82) is 0 Å². The first-order chi connectivity index (χ1) is 13.2. The van der Waals surface area contributed by atoms with Crippen molar-refractivity contribution in [2.75, 3.05) is 6.61 Å². The molecule has 0 saturated carbocycles. The third-order valence-corrected chi connectivity index (χ3v) is 5.43. The molecule has 1 radical (unpaired) electrons. The maximum atomic E-state index is 12.5. The van der Waals surface area contributed by atoms with Crippen LogP contribution in [-0.4, -0.2) is 34.8 Å². The van der Waals surface area contributed by atoms with Crippen LogP contribution in [0.4, 0.5) is 0 Å². The zero-order valence-corrected chi connectivity index (χ0v) is 18.1. The molecule has 1 heterocycles. The zero-order chi connectivity index (χ0) is 20.8. The lowest BCUT2D eigenvalue weighted by atomic mass is 9.80. The molecule has 1 aromatic carbocycles.